The van der Waals surface area contributed by atoms with E-state index in [2.05, 4.69) is 10.6 Å². The van der Waals surface area contributed by atoms with Crippen LogP contribution in [0.25, 0.3) is 10.9 Å². The number of rotatable bonds is 5. The minimum Gasteiger partial charge on any atom is -0.353 e. The third-order valence-electron chi connectivity index (χ3n) is 5.06. The fourth-order valence-corrected chi connectivity index (χ4v) is 3.65. The maximum absolute atomic E-state index is 12.5. The van der Waals surface area contributed by atoms with E-state index >= 15 is 0 Å². The molecule has 2 N–H and O–H groups in total. The largest absolute Gasteiger partial charge is 0.353 e. The Hall–Kier alpha value is -3.32. The van der Waals surface area contributed by atoms with Gasteiger partial charge in [0.2, 0.25) is 11.8 Å². The lowest BCUT2D eigenvalue weighted by atomic mass is 10.1. The van der Waals surface area contributed by atoms with Gasteiger partial charge >= 0.3 is 0 Å². The average Bonchev–Trinajstić information content (AvgIpc) is 3.14. The zero-order valence-electron chi connectivity index (χ0n) is 16.2. The van der Waals surface area contributed by atoms with Crippen LogP contribution in [0.4, 0.5) is 5.69 Å². The monoisotopic (exact) mass is 424 g/mol. The molecule has 0 radical (unpaired) electrons. The lowest BCUT2D eigenvalue weighted by Crippen LogP contribution is -2.49. The quantitative estimate of drug-likeness (QED) is 0.660. The van der Waals surface area contributed by atoms with Crippen LogP contribution in [0.15, 0.2) is 54.7 Å². The number of halogens is 1. The molecule has 0 bridgehead atoms. The van der Waals surface area contributed by atoms with Crippen LogP contribution in [0.2, 0.25) is 5.02 Å². The topological polar surface area (TPSA) is 83.4 Å². The molecule has 4 rings (SSSR count). The number of hydrogen-bond acceptors (Lipinski definition) is 3. The lowest BCUT2D eigenvalue weighted by Gasteiger charge is -2.26. The number of hydrogen-bond donors (Lipinski definition) is 2. The van der Waals surface area contributed by atoms with Crippen molar-refractivity contribution in [2.45, 2.75) is 13.0 Å². The summed E-state index contributed by atoms with van der Waals surface area (Å²) in [4.78, 5) is 37.8. The Kier molecular flexibility index (Phi) is 5.72. The van der Waals surface area contributed by atoms with Crippen molar-refractivity contribution in [3.8, 4) is 0 Å². The zero-order valence-corrected chi connectivity index (χ0v) is 17.0. The second kappa shape index (κ2) is 8.59. The standard InChI is InChI=1S/C22H21ClN4O3/c23-17-4-1-15-7-10-26(19(15)13-17)11-8-20(28)25-18-5-2-16(3-6-18)22(30)27-12-9-24-21(29)14-27/h1-7,10,13H,8-9,11-12,14H2,(H,24,29)(H,25,28). The van der Waals surface area contributed by atoms with Gasteiger partial charge < -0.3 is 20.1 Å². The first kappa shape index (κ1) is 20.0. The van der Waals surface area contributed by atoms with E-state index in [1.807, 2.05) is 35.0 Å². The van der Waals surface area contributed by atoms with Crippen molar-refractivity contribution in [3.63, 3.8) is 0 Å². The molecule has 1 aliphatic rings. The van der Waals surface area contributed by atoms with Crippen molar-refractivity contribution in [1.82, 2.24) is 14.8 Å². The Bertz CT molecular complexity index is 1110. The van der Waals surface area contributed by atoms with Gasteiger partial charge in [0.25, 0.3) is 5.91 Å². The van der Waals surface area contributed by atoms with E-state index in [1.54, 1.807) is 24.3 Å². The highest BCUT2D eigenvalue weighted by Crippen LogP contribution is 2.21. The van der Waals surface area contributed by atoms with Crippen LogP contribution in [0.5, 0.6) is 0 Å². The van der Waals surface area contributed by atoms with E-state index in [0.717, 1.165) is 10.9 Å². The van der Waals surface area contributed by atoms with Gasteiger partial charge in [-0.25, -0.2) is 0 Å². The summed E-state index contributed by atoms with van der Waals surface area (Å²) in [7, 11) is 0. The number of aryl methyl sites for hydroxylation is 1. The van der Waals surface area contributed by atoms with Gasteiger partial charge in [-0.1, -0.05) is 17.7 Å². The molecule has 0 saturated carbocycles. The summed E-state index contributed by atoms with van der Waals surface area (Å²) in [5.41, 5.74) is 2.09. The van der Waals surface area contributed by atoms with Crippen LogP contribution in [-0.2, 0) is 16.1 Å². The lowest BCUT2D eigenvalue weighted by molar-refractivity contribution is -0.123. The normalized spacial score (nSPS) is 13.9. The molecule has 2 heterocycles. The number of anilines is 1. The number of benzene rings is 2. The minimum absolute atomic E-state index is 0.0661. The number of carbonyl (C=O) groups is 3. The van der Waals surface area contributed by atoms with E-state index < -0.39 is 0 Å². The predicted octanol–water partition coefficient (Wildman–Crippen LogP) is 2.90. The number of aromatic nitrogens is 1. The summed E-state index contributed by atoms with van der Waals surface area (Å²) in [5.74, 6) is -0.470. The third-order valence-corrected chi connectivity index (χ3v) is 5.29. The molecule has 154 valence electrons. The molecule has 7 nitrogen and oxygen atoms in total. The van der Waals surface area contributed by atoms with Gasteiger partial charge in [0.1, 0.15) is 0 Å². The van der Waals surface area contributed by atoms with Gasteiger partial charge in [-0.05, 0) is 47.9 Å². The molecule has 1 fully saturated rings. The first-order valence-electron chi connectivity index (χ1n) is 9.70. The van der Waals surface area contributed by atoms with E-state index in [0.29, 0.717) is 42.3 Å². The SMILES string of the molecule is O=C1CN(C(=O)c2ccc(NC(=O)CCn3ccc4ccc(Cl)cc43)cc2)CCN1. The van der Waals surface area contributed by atoms with E-state index in [9.17, 15) is 14.4 Å². The zero-order chi connectivity index (χ0) is 21.1. The molecule has 0 unspecified atom stereocenters. The molecular formula is C22H21ClN4O3. The molecule has 3 aromatic rings. The highest BCUT2D eigenvalue weighted by molar-refractivity contribution is 6.31. The molecule has 1 aliphatic heterocycles. The molecule has 0 aliphatic carbocycles. The van der Waals surface area contributed by atoms with Crippen molar-refractivity contribution in [3.05, 3.63) is 65.3 Å². The number of piperazine rings is 1. The second-order valence-corrected chi connectivity index (χ2v) is 7.60. The Morgan fingerprint density at radius 3 is 2.67 bits per heavy atom. The smallest absolute Gasteiger partial charge is 0.254 e. The predicted molar refractivity (Wildman–Crippen MR) is 116 cm³/mol. The van der Waals surface area contributed by atoms with Crippen LogP contribution in [-0.4, -0.2) is 46.8 Å². The highest BCUT2D eigenvalue weighted by Gasteiger charge is 2.22. The second-order valence-electron chi connectivity index (χ2n) is 7.16. The Morgan fingerprint density at radius 2 is 1.90 bits per heavy atom. The summed E-state index contributed by atoms with van der Waals surface area (Å²) >= 11 is 6.07. The van der Waals surface area contributed by atoms with Crippen molar-refractivity contribution in [2.75, 3.05) is 25.0 Å². The molecule has 30 heavy (non-hydrogen) atoms. The van der Waals surface area contributed by atoms with Crippen LogP contribution >= 0.6 is 11.6 Å². The molecule has 1 saturated heterocycles. The minimum atomic E-state index is -0.194. The first-order chi connectivity index (χ1) is 14.5. The van der Waals surface area contributed by atoms with Gasteiger partial charge in [0.05, 0.1) is 6.54 Å². The van der Waals surface area contributed by atoms with Crippen LogP contribution in [0.3, 0.4) is 0 Å². The van der Waals surface area contributed by atoms with Crippen molar-refractivity contribution in [1.29, 1.82) is 0 Å². The Balaban J connectivity index is 1.33. The highest BCUT2D eigenvalue weighted by atomic mass is 35.5. The Morgan fingerprint density at radius 1 is 1.10 bits per heavy atom. The van der Waals surface area contributed by atoms with Gasteiger partial charge in [0.15, 0.2) is 0 Å². The van der Waals surface area contributed by atoms with Gasteiger partial charge in [0, 0.05) is 54.0 Å². The van der Waals surface area contributed by atoms with E-state index in [1.165, 1.54) is 4.90 Å². The maximum Gasteiger partial charge on any atom is 0.254 e. The van der Waals surface area contributed by atoms with Crippen LogP contribution < -0.4 is 10.6 Å². The fraction of sp³-hybridized carbons (Fsp3) is 0.227. The summed E-state index contributed by atoms with van der Waals surface area (Å²) in [6.45, 7) is 1.55. The summed E-state index contributed by atoms with van der Waals surface area (Å²) in [6, 6.07) is 14.4. The Labute approximate surface area is 178 Å². The molecule has 3 amide bonds. The van der Waals surface area contributed by atoms with E-state index in [4.69, 9.17) is 11.6 Å². The molecule has 0 spiro atoms. The summed E-state index contributed by atoms with van der Waals surface area (Å²) in [6.07, 6.45) is 2.25. The van der Waals surface area contributed by atoms with E-state index in [-0.39, 0.29) is 24.3 Å². The number of amides is 3. The fourth-order valence-electron chi connectivity index (χ4n) is 3.49. The average molecular weight is 425 g/mol. The summed E-state index contributed by atoms with van der Waals surface area (Å²) in [5, 5.41) is 7.28. The third kappa shape index (κ3) is 4.46. The molecular weight excluding hydrogens is 404 g/mol. The maximum atomic E-state index is 12.5. The van der Waals surface area contributed by atoms with Gasteiger partial charge in [-0.3, -0.25) is 14.4 Å². The summed E-state index contributed by atoms with van der Waals surface area (Å²) < 4.78 is 2.00. The van der Waals surface area contributed by atoms with Crippen molar-refractivity contribution in [2.24, 2.45) is 0 Å². The molecule has 8 heteroatoms. The van der Waals surface area contributed by atoms with Crippen molar-refractivity contribution < 1.29 is 14.4 Å². The number of carbonyl (C=O) groups excluding carboxylic acids is 3. The number of nitrogens with one attached hydrogen (secondary N) is 2. The van der Waals surface area contributed by atoms with Crippen LogP contribution in [0.1, 0.15) is 16.8 Å². The molecule has 1 aromatic heterocycles. The number of nitrogens with zero attached hydrogens (tertiary/aromatic N) is 2. The van der Waals surface area contributed by atoms with Gasteiger partial charge in [-0.2, -0.15) is 0 Å². The molecule has 2 aromatic carbocycles. The first-order valence-corrected chi connectivity index (χ1v) is 10.1. The molecule has 0 atom stereocenters. The van der Waals surface area contributed by atoms with Crippen LogP contribution in [0, 0.1) is 0 Å². The van der Waals surface area contributed by atoms with Crippen molar-refractivity contribution >= 4 is 45.9 Å². The van der Waals surface area contributed by atoms with Gasteiger partial charge in [-0.15, -0.1) is 0 Å². The number of fused-ring (bicyclic) bond motifs is 1.